The zero-order valence-electron chi connectivity index (χ0n) is 62.3. The van der Waals surface area contributed by atoms with E-state index in [0.29, 0.717) is 143 Å². The third kappa shape index (κ3) is 17.5. The van der Waals surface area contributed by atoms with Crippen molar-refractivity contribution >= 4 is 68.9 Å². The summed E-state index contributed by atoms with van der Waals surface area (Å²) in [7, 11) is 3.03. The van der Waals surface area contributed by atoms with E-state index in [0.717, 1.165) is 109 Å². The summed E-state index contributed by atoms with van der Waals surface area (Å²) in [6.07, 6.45) is 3.00. The summed E-state index contributed by atoms with van der Waals surface area (Å²) in [6.45, 7) is 16.0. The molecule has 0 spiro atoms. The Labute approximate surface area is 632 Å². The van der Waals surface area contributed by atoms with Crippen molar-refractivity contribution in [1.82, 2.24) is 35.1 Å². The number of nitrogens with two attached hydrogens (primary N) is 1. The minimum atomic E-state index is -5.08. The molecule has 0 aliphatic carbocycles. The summed E-state index contributed by atoms with van der Waals surface area (Å²) in [5, 5.41) is 53.0. The molecule has 2 aromatic heterocycles. The van der Waals surface area contributed by atoms with E-state index in [4.69, 9.17) is 58.8 Å². The van der Waals surface area contributed by atoms with Crippen LogP contribution >= 0.6 is 0 Å². The van der Waals surface area contributed by atoms with E-state index in [1.807, 2.05) is 108 Å². The molecule has 6 aliphatic heterocycles. The molecule has 582 valence electrons. The van der Waals surface area contributed by atoms with Crippen LogP contribution in [-0.2, 0) is 50.3 Å². The predicted octanol–water partition coefficient (Wildman–Crippen LogP) is 14.1. The highest BCUT2D eigenvalue weighted by Gasteiger charge is 2.43. The minimum absolute atomic E-state index is 0.324. The van der Waals surface area contributed by atoms with Crippen LogP contribution in [0.1, 0.15) is 113 Å². The third-order valence-electron chi connectivity index (χ3n) is 19.9. The summed E-state index contributed by atoms with van der Waals surface area (Å²) in [5.41, 5.74) is 14.2. The van der Waals surface area contributed by atoms with E-state index in [1.54, 1.807) is 40.4 Å². The number of nitrogens with one attached hydrogen (secondary N) is 3. The van der Waals surface area contributed by atoms with E-state index >= 15 is 0 Å². The number of halogens is 5. The standard InChI is InChI=1S/C33H35FN4O5.C28H27FN4O3.C18H26N2O4.C2HF3O2/c1-32(2,3)43-31(39)38-15-13-33(40,14-16-38)25-10-11-26(29-24(25)12-17-42-29)36-30-35-19-20-6-5-7-23(28(20)37-30)22-9-8-21(34)18-27(22)41-4;1-35-24-15-18(29)5-6-19(24)20-4-2-3-17-16-31-27(33-25(17)20)32-23-8-7-22(21-9-14-36-26(21)23)28(34)10-12-30-13-11-28;1-17(2,3)24-16(21)20-9-7-18(22,8-10-20)13-4-5-14(19)15-12(13)6-11-23-15;3-2(4,5)1(6)7/h5-11,18-19,40H,12-17H2,1-4H3,(H,35,36,37);2-8,15-16,30,34H,9-14H2,1H3,(H,31,32,33);4-5,22H,6-11,19H2,1-3H3;(H,6,7). The number of benzene rings is 7. The molecule has 9 N–H and O–H groups in total. The maximum absolute atomic E-state index is 13.9. The number of aromatic nitrogens is 4. The first-order valence-electron chi connectivity index (χ1n) is 36.2. The summed E-state index contributed by atoms with van der Waals surface area (Å²) in [5.74, 6) is 0.258. The number of anilines is 5. The Morgan fingerprint density at radius 1 is 0.527 bits per heavy atom. The fourth-order valence-electron chi connectivity index (χ4n) is 14.5. The normalized spacial score (nSPS) is 16.6. The number of fused-ring (bicyclic) bond motifs is 5. The molecule has 0 unspecified atom stereocenters. The monoisotopic (exact) mass is 1520 g/mol. The van der Waals surface area contributed by atoms with E-state index in [2.05, 4.69) is 25.9 Å². The molecular formula is C81H89F5N10O14. The Balaban J connectivity index is 0.000000152. The molecule has 110 heavy (non-hydrogen) atoms. The molecule has 7 aromatic carbocycles. The molecule has 0 saturated carbocycles. The maximum Gasteiger partial charge on any atom is 0.490 e. The second-order valence-electron chi connectivity index (χ2n) is 29.6. The van der Waals surface area contributed by atoms with Crippen LogP contribution < -0.4 is 45.4 Å². The Bertz CT molecular complexity index is 4920. The first-order chi connectivity index (χ1) is 52.2. The SMILES string of the molecule is CC(C)(C)OC(=O)N1CCC(O)(c2ccc(N)c3c2CCO3)CC1.COc1cc(F)ccc1-c1cccc2cnc(Nc3ccc(C4(O)CCN(C(=O)OC(C)(C)C)CC4)c4c3OCC4)nc12.COc1cc(F)ccc1-c1cccc2cnc(Nc3ccc(C4(O)CCNCC4)c4c3OCC4)nc12.O=C(O)C(F)(F)F. The van der Waals surface area contributed by atoms with Gasteiger partial charge in [0.2, 0.25) is 11.9 Å². The lowest BCUT2D eigenvalue weighted by molar-refractivity contribution is -0.192. The number of hydrogen-bond donors (Lipinski definition) is 8. The molecule has 2 amide bonds. The Hall–Kier alpha value is -10.9. The Kier molecular flexibility index (Phi) is 22.9. The molecular weight excluding hydrogens is 1430 g/mol. The molecule has 0 atom stereocenters. The molecule has 15 rings (SSSR count). The largest absolute Gasteiger partial charge is 0.496 e. The fourth-order valence-corrected chi connectivity index (χ4v) is 14.5. The zero-order valence-corrected chi connectivity index (χ0v) is 62.3. The van der Waals surface area contributed by atoms with E-state index in [9.17, 15) is 46.9 Å². The lowest BCUT2D eigenvalue weighted by Gasteiger charge is -2.39. The lowest BCUT2D eigenvalue weighted by atomic mass is 9.81. The number of methoxy groups -OCH3 is 2. The van der Waals surface area contributed by atoms with Gasteiger partial charge in [-0.3, -0.25) is 0 Å². The molecule has 9 aromatic rings. The van der Waals surface area contributed by atoms with Crippen LogP contribution in [0, 0.1) is 11.6 Å². The van der Waals surface area contributed by atoms with E-state index in [-0.39, 0.29) is 23.8 Å². The average molecular weight is 1520 g/mol. The summed E-state index contributed by atoms with van der Waals surface area (Å²) in [4.78, 5) is 55.6. The first kappa shape index (κ1) is 78.7. The van der Waals surface area contributed by atoms with Gasteiger partial charge in [0.15, 0.2) is 0 Å². The number of amides is 2. The van der Waals surface area contributed by atoms with E-state index < -0.39 is 40.2 Å². The van der Waals surface area contributed by atoms with E-state index in [1.165, 1.54) is 38.5 Å². The van der Waals surface area contributed by atoms with Crippen molar-refractivity contribution in [3.63, 3.8) is 0 Å². The third-order valence-corrected chi connectivity index (χ3v) is 19.9. The maximum atomic E-state index is 13.9. The Morgan fingerprint density at radius 3 is 1.28 bits per heavy atom. The van der Waals surface area contributed by atoms with Crippen molar-refractivity contribution in [2.75, 3.05) is 89.7 Å². The molecule has 0 bridgehead atoms. The fraction of sp³-hybridized carbons (Fsp3) is 0.395. The van der Waals surface area contributed by atoms with Gasteiger partial charge in [0.05, 0.1) is 78.9 Å². The summed E-state index contributed by atoms with van der Waals surface area (Å²) >= 11 is 0. The number of rotatable bonds is 11. The number of para-hydroxylation sites is 2. The van der Waals surface area contributed by atoms with Crippen LogP contribution in [0.2, 0.25) is 0 Å². The van der Waals surface area contributed by atoms with Gasteiger partial charge in [-0.25, -0.2) is 43.1 Å². The molecule has 24 nitrogen and oxygen atoms in total. The second kappa shape index (κ2) is 32.0. The quantitative estimate of drug-likeness (QED) is 0.0441. The number of aliphatic hydroxyl groups is 3. The van der Waals surface area contributed by atoms with Crippen molar-refractivity contribution in [2.45, 2.75) is 134 Å². The molecule has 6 aliphatic rings. The van der Waals surface area contributed by atoms with Gasteiger partial charge in [0.25, 0.3) is 0 Å². The molecule has 3 fully saturated rings. The number of nitrogen functional groups attached to an aromatic ring is 1. The molecule has 0 radical (unpaired) electrons. The second-order valence-corrected chi connectivity index (χ2v) is 29.6. The number of hydrogen-bond acceptors (Lipinski definition) is 21. The predicted molar refractivity (Wildman–Crippen MR) is 402 cm³/mol. The van der Waals surface area contributed by atoms with Crippen LogP contribution in [0.15, 0.2) is 122 Å². The van der Waals surface area contributed by atoms with Gasteiger partial charge < -0.3 is 85.1 Å². The number of aliphatic carboxylic acids is 1. The van der Waals surface area contributed by atoms with Gasteiger partial charge in [-0.05, 0) is 152 Å². The highest BCUT2D eigenvalue weighted by Crippen LogP contribution is 2.48. The van der Waals surface area contributed by atoms with Crippen molar-refractivity contribution in [2.24, 2.45) is 0 Å². The van der Waals surface area contributed by atoms with Crippen molar-refractivity contribution in [3.05, 3.63) is 167 Å². The van der Waals surface area contributed by atoms with Gasteiger partial charge >= 0.3 is 24.3 Å². The summed E-state index contributed by atoms with van der Waals surface area (Å²) < 4.78 is 98.9. The number of piperidine rings is 3. The zero-order chi connectivity index (χ0) is 78.7. The van der Waals surface area contributed by atoms with Gasteiger partial charge in [0.1, 0.15) is 51.6 Å². The first-order valence-corrected chi connectivity index (χ1v) is 36.2. The van der Waals surface area contributed by atoms with Crippen LogP contribution in [0.5, 0.6) is 28.7 Å². The number of carboxylic acid groups (broad SMARTS) is 1. The highest BCUT2D eigenvalue weighted by atomic mass is 19.4. The number of nitrogens with zero attached hydrogens (tertiary/aromatic N) is 6. The van der Waals surface area contributed by atoms with Crippen LogP contribution in [0.25, 0.3) is 44.1 Å². The number of carboxylic acids is 1. The number of ether oxygens (including phenoxy) is 7. The number of likely N-dealkylation sites (tertiary alicyclic amines) is 2. The van der Waals surface area contributed by atoms with Crippen LogP contribution in [0.3, 0.4) is 0 Å². The number of carbonyl (C=O) groups excluding carboxylic acids is 2. The summed E-state index contributed by atoms with van der Waals surface area (Å²) in [6, 6.07) is 31.9. The number of carbonyl (C=O) groups is 3. The topological polar surface area (TPSA) is 317 Å². The number of alkyl halides is 3. The van der Waals surface area contributed by atoms with Crippen LogP contribution in [0.4, 0.5) is 60.5 Å². The van der Waals surface area contributed by atoms with Crippen molar-refractivity contribution in [3.8, 4) is 51.0 Å². The van der Waals surface area contributed by atoms with Gasteiger partial charge in [0, 0.05) is 120 Å². The van der Waals surface area contributed by atoms with Gasteiger partial charge in [-0.15, -0.1) is 0 Å². The molecule has 3 saturated heterocycles. The lowest BCUT2D eigenvalue weighted by Crippen LogP contribution is -2.47. The van der Waals surface area contributed by atoms with Gasteiger partial charge in [-0.1, -0.05) is 54.6 Å². The van der Waals surface area contributed by atoms with Crippen LogP contribution in [-0.4, -0.2) is 159 Å². The molecule has 8 heterocycles. The van der Waals surface area contributed by atoms with Crippen molar-refractivity contribution in [1.29, 1.82) is 0 Å². The Morgan fingerprint density at radius 2 is 0.900 bits per heavy atom. The average Bonchev–Trinajstić information content (AvgIpc) is 1.63. The van der Waals surface area contributed by atoms with Gasteiger partial charge in [-0.2, -0.15) is 13.2 Å². The smallest absolute Gasteiger partial charge is 0.490 e. The van der Waals surface area contributed by atoms with Crippen molar-refractivity contribution < 1.29 is 89.9 Å². The molecule has 29 heteroatoms. The minimum Gasteiger partial charge on any atom is -0.496 e. The highest BCUT2D eigenvalue weighted by molar-refractivity contribution is 5.97.